The average molecular weight is 386 g/mol. The molecule has 2 aliphatic heterocycles. The Kier molecular flexibility index (Phi) is 6.97. The predicted octanol–water partition coefficient (Wildman–Crippen LogP) is 4.07. The largest absolute Gasteiger partial charge is 0.372 e. The fraction of sp³-hybridized carbons (Fsp3) is 0.652. The minimum absolute atomic E-state index is 0.0656. The molecule has 28 heavy (non-hydrogen) atoms. The van der Waals surface area contributed by atoms with Gasteiger partial charge >= 0.3 is 0 Å². The van der Waals surface area contributed by atoms with Crippen molar-refractivity contribution in [2.24, 2.45) is 5.92 Å². The van der Waals surface area contributed by atoms with Gasteiger partial charge in [-0.05, 0) is 68.7 Å². The SMILES string of the molecule is CCC1CCCCN1C(=O)CN(C(C)=O)c1ccc(N2CCC(C)CC2)cc1. The summed E-state index contributed by atoms with van der Waals surface area (Å²) in [5.74, 6) is 0.783. The summed E-state index contributed by atoms with van der Waals surface area (Å²) in [6.45, 7) is 9.11. The molecule has 0 aromatic heterocycles. The van der Waals surface area contributed by atoms with E-state index in [2.05, 4.69) is 30.9 Å². The minimum atomic E-state index is -0.0852. The Morgan fingerprint density at radius 2 is 1.71 bits per heavy atom. The minimum Gasteiger partial charge on any atom is -0.372 e. The molecule has 1 aromatic carbocycles. The Balaban J connectivity index is 1.68. The normalized spacial score (nSPS) is 20.9. The van der Waals surface area contributed by atoms with E-state index in [-0.39, 0.29) is 18.4 Å². The molecular formula is C23H35N3O2. The number of nitrogens with zero attached hydrogens (tertiary/aromatic N) is 3. The van der Waals surface area contributed by atoms with Crippen molar-refractivity contribution in [2.75, 3.05) is 36.0 Å². The van der Waals surface area contributed by atoms with Crippen molar-refractivity contribution < 1.29 is 9.59 Å². The van der Waals surface area contributed by atoms with Gasteiger partial charge in [0.05, 0.1) is 0 Å². The van der Waals surface area contributed by atoms with Gasteiger partial charge in [-0.2, -0.15) is 0 Å². The Morgan fingerprint density at radius 1 is 1.04 bits per heavy atom. The van der Waals surface area contributed by atoms with Crippen molar-refractivity contribution in [1.29, 1.82) is 0 Å². The molecule has 5 heteroatoms. The molecule has 1 aromatic rings. The van der Waals surface area contributed by atoms with E-state index < -0.39 is 0 Å². The Morgan fingerprint density at radius 3 is 2.32 bits per heavy atom. The van der Waals surface area contributed by atoms with Crippen molar-refractivity contribution in [3.05, 3.63) is 24.3 Å². The summed E-state index contributed by atoms with van der Waals surface area (Å²) >= 11 is 0. The predicted molar refractivity (Wildman–Crippen MR) is 115 cm³/mol. The number of piperidine rings is 2. The van der Waals surface area contributed by atoms with E-state index in [1.807, 2.05) is 17.0 Å². The summed E-state index contributed by atoms with van der Waals surface area (Å²) in [7, 11) is 0. The van der Waals surface area contributed by atoms with E-state index in [9.17, 15) is 9.59 Å². The van der Waals surface area contributed by atoms with Crippen molar-refractivity contribution in [1.82, 2.24) is 4.90 Å². The fourth-order valence-electron chi connectivity index (χ4n) is 4.47. The molecule has 0 bridgehead atoms. The summed E-state index contributed by atoms with van der Waals surface area (Å²) in [5.41, 5.74) is 2.01. The first kappa shape index (κ1) is 20.7. The van der Waals surface area contributed by atoms with Gasteiger partial charge in [0.15, 0.2) is 0 Å². The quantitative estimate of drug-likeness (QED) is 0.767. The Labute approximate surface area is 169 Å². The third-order valence-electron chi connectivity index (χ3n) is 6.40. The van der Waals surface area contributed by atoms with E-state index in [1.165, 1.54) is 24.9 Å². The van der Waals surface area contributed by atoms with E-state index in [1.54, 1.807) is 11.8 Å². The Hall–Kier alpha value is -2.04. The molecule has 0 spiro atoms. The summed E-state index contributed by atoms with van der Waals surface area (Å²) in [4.78, 5) is 31.2. The van der Waals surface area contributed by atoms with Crippen LogP contribution in [0.5, 0.6) is 0 Å². The zero-order chi connectivity index (χ0) is 20.1. The number of amides is 2. The van der Waals surface area contributed by atoms with Crippen LogP contribution in [0.15, 0.2) is 24.3 Å². The first-order valence-corrected chi connectivity index (χ1v) is 10.9. The molecular weight excluding hydrogens is 350 g/mol. The first-order chi connectivity index (χ1) is 13.5. The first-order valence-electron chi connectivity index (χ1n) is 10.9. The molecule has 2 saturated heterocycles. The van der Waals surface area contributed by atoms with Crippen LogP contribution in [0.3, 0.4) is 0 Å². The van der Waals surface area contributed by atoms with Gasteiger partial charge in [-0.25, -0.2) is 0 Å². The average Bonchev–Trinajstić information content (AvgIpc) is 2.72. The van der Waals surface area contributed by atoms with Crippen molar-refractivity contribution in [2.45, 2.75) is 65.3 Å². The van der Waals surface area contributed by atoms with Crippen LogP contribution < -0.4 is 9.80 Å². The van der Waals surface area contributed by atoms with E-state index in [0.717, 1.165) is 50.5 Å². The van der Waals surface area contributed by atoms with Gasteiger partial charge < -0.3 is 14.7 Å². The Bertz CT molecular complexity index is 665. The van der Waals surface area contributed by atoms with Crippen LogP contribution in [-0.2, 0) is 9.59 Å². The topological polar surface area (TPSA) is 43.9 Å². The van der Waals surface area contributed by atoms with Crippen molar-refractivity contribution in [3.63, 3.8) is 0 Å². The lowest BCUT2D eigenvalue weighted by molar-refractivity contribution is -0.134. The molecule has 5 nitrogen and oxygen atoms in total. The van der Waals surface area contributed by atoms with Gasteiger partial charge in [0, 0.05) is 44.0 Å². The fourth-order valence-corrected chi connectivity index (χ4v) is 4.47. The maximum atomic E-state index is 12.9. The number of anilines is 2. The third kappa shape index (κ3) is 4.86. The molecule has 0 N–H and O–H groups in total. The van der Waals surface area contributed by atoms with Crippen LogP contribution >= 0.6 is 0 Å². The zero-order valence-corrected chi connectivity index (χ0v) is 17.7. The summed E-state index contributed by atoms with van der Waals surface area (Å²) in [5, 5.41) is 0. The number of rotatable bonds is 5. The molecule has 2 amide bonds. The molecule has 0 aliphatic carbocycles. The molecule has 154 valence electrons. The van der Waals surface area contributed by atoms with Gasteiger partial charge in [-0.1, -0.05) is 13.8 Å². The lowest BCUT2D eigenvalue weighted by atomic mass is 9.99. The maximum absolute atomic E-state index is 12.9. The highest BCUT2D eigenvalue weighted by Gasteiger charge is 2.27. The molecule has 1 unspecified atom stereocenters. The number of hydrogen-bond acceptors (Lipinski definition) is 3. The van der Waals surface area contributed by atoms with Crippen LogP contribution in [0.2, 0.25) is 0 Å². The lowest BCUT2D eigenvalue weighted by Crippen LogP contribution is -2.48. The molecule has 3 rings (SSSR count). The maximum Gasteiger partial charge on any atom is 0.242 e. The standard InChI is InChI=1S/C23H35N3O2/c1-4-20-7-5-6-14-25(20)23(28)17-26(19(3)27)22-10-8-21(9-11-22)24-15-12-18(2)13-16-24/h8-11,18,20H,4-7,12-17H2,1-3H3. The van der Waals surface area contributed by atoms with Gasteiger partial charge in [0.2, 0.25) is 11.8 Å². The highest BCUT2D eigenvalue weighted by Crippen LogP contribution is 2.26. The number of likely N-dealkylation sites (tertiary alicyclic amines) is 1. The van der Waals surface area contributed by atoms with Crippen LogP contribution in [0.25, 0.3) is 0 Å². The molecule has 0 radical (unpaired) electrons. The van der Waals surface area contributed by atoms with Gasteiger partial charge in [0.25, 0.3) is 0 Å². The number of hydrogen-bond donors (Lipinski definition) is 0. The number of benzene rings is 1. The van der Waals surface area contributed by atoms with Crippen molar-refractivity contribution in [3.8, 4) is 0 Å². The highest BCUT2D eigenvalue weighted by molar-refractivity contribution is 5.97. The zero-order valence-electron chi connectivity index (χ0n) is 17.7. The highest BCUT2D eigenvalue weighted by atomic mass is 16.2. The second-order valence-electron chi connectivity index (χ2n) is 8.44. The smallest absolute Gasteiger partial charge is 0.242 e. The summed E-state index contributed by atoms with van der Waals surface area (Å²) in [6.07, 6.45) is 6.76. The molecule has 0 saturated carbocycles. The van der Waals surface area contributed by atoms with E-state index in [4.69, 9.17) is 0 Å². The van der Waals surface area contributed by atoms with Crippen LogP contribution in [0.1, 0.15) is 59.3 Å². The van der Waals surface area contributed by atoms with Gasteiger partial charge in [-0.3, -0.25) is 9.59 Å². The third-order valence-corrected chi connectivity index (χ3v) is 6.40. The van der Waals surface area contributed by atoms with Crippen LogP contribution in [0.4, 0.5) is 11.4 Å². The summed E-state index contributed by atoms with van der Waals surface area (Å²) < 4.78 is 0. The molecule has 1 atom stereocenters. The summed E-state index contributed by atoms with van der Waals surface area (Å²) in [6, 6.07) is 8.45. The molecule has 2 fully saturated rings. The van der Waals surface area contributed by atoms with Gasteiger partial charge in [0.1, 0.15) is 6.54 Å². The van der Waals surface area contributed by atoms with E-state index in [0.29, 0.717) is 6.04 Å². The monoisotopic (exact) mass is 385 g/mol. The van der Waals surface area contributed by atoms with Crippen LogP contribution in [-0.4, -0.2) is 48.9 Å². The van der Waals surface area contributed by atoms with Crippen molar-refractivity contribution >= 4 is 23.2 Å². The number of carbonyl (C=O) groups excluding carboxylic acids is 2. The molecule has 2 aliphatic rings. The second kappa shape index (κ2) is 9.44. The number of carbonyl (C=O) groups is 2. The second-order valence-corrected chi connectivity index (χ2v) is 8.44. The van der Waals surface area contributed by atoms with Gasteiger partial charge in [-0.15, -0.1) is 0 Å². The molecule has 2 heterocycles. The van der Waals surface area contributed by atoms with E-state index >= 15 is 0 Å². The lowest BCUT2D eigenvalue weighted by Gasteiger charge is -2.36. The van der Waals surface area contributed by atoms with Crippen LogP contribution in [0, 0.1) is 5.92 Å².